The summed E-state index contributed by atoms with van der Waals surface area (Å²) in [7, 11) is 1.29. The highest BCUT2D eigenvalue weighted by Crippen LogP contribution is 2.32. The van der Waals surface area contributed by atoms with E-state index in [1.807, 2.05) is 6.92 Å². The molecule has 0 aliphatic rings. The minimum atomic E-state index is -0.509. The van der Waals surface area contributed by atoms with Gasteiger partial charge in [0, 0.05) is 16.6 Å². The number of ether oxygens (including phenoxy) is 1. The number of nitriles is 1. The van der Waals surface area contributed by atoms with E-state index in [1.165, 1.54) is 7.11 Å². The van der Waals surface area contributed by atoms with Crippen LogP contribution in [0.15, 0.2) is 12.1 Å². The molecule has 0 aliphatic heterocycles. The van der Waals surface area contributed by atoms with Crippen LogP contribution in [-0.2, 0) is 11.2 Å². The maximum absolute atomic E-state index is 11.6. The Labute approximate surface area is 109 Å². The van der Waals surface area contributed by atoms with Crippen LogP contribution in [0.4, 0.5) is 0 Å². The van der Waals surface area contributed by atoms with E-state index in [-0.39, 0.29) is 10.6 Å². The summed E-state index contributed by atoms with van der Waals surface area (Å²) in [6.07, 6.45) is 0.696. The SMILES string of the molecule is CCc1[nH]c2ccc(C(=O)OC)c(Cl)c2c1C#N. The largest absolute Gasteiger partial charge is 0.465 e. The number of esters is 1. The molecule has 1 aromatic heterocycles. The predicted octanol–water partition coefficient (Wildman–Crippen LogP) is 3.04. The first-order valence-electron chi connectivity index (χ1n) is 5.45. The van der Waals surface area contributed by atoms with Gasteiger partial charge < -0.3 is 9.72 Å². The molecule has 0 atom stereocenters. The number of aryl methyl sites for hydroxylation is 1. The van der Waals surface area contributed by atoms with Crippen molar-refractivity contribution in [3.05, 3.63) is 34.0 Å². The van der Waals surface area contributed by atoms with Crippen LogP contribution in [0.1, 0.15) is 28.5 Å². The molecular weight excluding hydrogens is 252 g/mol. The van der Waals surface area contributed by atoms with E-state index in [9.17, 15) is 10.1 Å². The zero-order valence-corrected chi connectivity index (χ0v) is 10.8. The van der Waals surface area contributed by atoms with E-state index in [0.29, 0.717) is 17.4 Å². The number of benzene rings is 1. The van der Waals surface area contributed by atoms with E-state index in [1.54, 1.807) is 12.1 Å². The maximum atomic E-state index is 11.6. The molecule has 5 heteroatoms. The number of carbonyl (C=O) groups is 1. The summed E-state index contributed by atoms with van der Waals surface area (Å²) in [5.74, 6) is -0.509. The van der Waals surface area contributed by atoms with Gasteiger partial charge in [-0.2, -0.15) is 5.26 Å². The number of nitrogens with zero attached hydrogens (tertiary/aromatic N) is 1. The minimum absolute atomic E-state index is 0.256. The standard InChI is InChI=1S/C13H11ClN2O2/c1-3-9-8(6-15)11-10(16-9)5-4-7(12(11)14)13(17)18-2/h4-5,16H,3H2,1-2H3. The van der Waals surface area contributed by atoms with Crippen LogP contribution in [0.25, 0.3) is 10.9 Å². The monoisotopic (exact) mass is 262 g/mol. The number of nitrogens with one attached hydrogen (secondary N) is 1. The molecule has 0 amide bonds. The van der Waals surface area contributed by atoms with Crippen molar-refractivity contribution in [2.45, 2.75) is 13.3 Å². The van der Waals surface area contributed by atoms with E-state index in [4.69, 9.17) is 11.6 Å². The molecule has 4 nitrogen and oxygen atoms in total. The van der Waals surface area contributed by atoms with E-state index in [2.05, 4.69) is 15.8 Å². The number of fused-ring (bicyclic) bond motifs is 1. The second kappa shape index (κ2) is 4.71. The Morgan fingerprint density at radius 2 is 2.28 bits per heavy atom. The predicted molar refractivity (Wildman–Crippen MR) is 68.7 cm³/mol. The molecule has 2 aromatic rings. The summed E-state index contributed by atoms with van der Waals surface area (Å²) in [6.45, 7) is 1.95. The Hall–Kier alpha value is -1.99. The lowest BCUT2D eigenvalue weighted by molar-refractivity contribution is 0.0601. The average Bonchev–Trinajstić information content (AvgIpc) is 2.76. The summed E-state index contributed by atoms with van der Waals surface area (Å²) in [5, 5.41) is 10.0. The van der Waals surface area contributed by atoms with Crippen molar-refractivity contribution in [1.29, 1.82) is 5.26 Å². The second-order valence-corrected chi connectivity index (χ2v) is 4.16. The molecule has 0 aliphatic carbocycles. The van der Waals surface area contributed by atoms with Crippen molar-refractivity contribution in [1.82, 2.24) is 4.98 Å². The van der Waals surface area contributed by atoms with Crippen LogP contribution < -0.4 is 0 Å². The zero-order valence-electron chi connectivity index (χ0n) is 10.0. The van der Waals surface area contributed by atoms with Crippen molar-refractivity contribution in [3.63, 3.8) is 0 Å². The number of rotatable bonds is 2. The molecular formula is C13H11ClN2O2. The smallest absolute Gasteiger partial charge is 0.339 e. The summed E-state index contributed by atoms with van der Waals surface area (Å²) in [6, 6.07) is 5.45. The van der Waals surface area contributed by atoms with Crippen LogP contribution in [0.5, 0.6) is 0 Å². The van der Waals surface area contributed by atoms with Crippen LogP contribution in [0.3, 0.4) is 0 Å². The fourth-order valence-corrected chi connectivity index (χ4v) is 2.29. The first-order chi connectivity index (χ1) is 8.63. The highest BCUT2D eigenvalue weighted by atomic mass is 35.5. The van der Waals surface area contributed by atoms with Gasteiger partial charge >= 0.3 is 5.97 Å². The number of halogens is 1. The Balaban J connectivity index is 2.81. The fraction of sp³-hybridized carbons (Fsp3) is 0.231. The van der Waals surface area contributed by atoms with Gasteiger partial charge in [-0.3, -0.25) is 0 Å². The Kier molecular flexibility index (Phi) is 3.26. The van der Waals surface area contributed by atoms with Crippen LogP contribution in [-0.4, -0.2) is 18.1 Å². The van der Waals surface area contributed by atoms with Gasteiger partial charge in [0.2, 0.25) is 0 Å². The van der Waals surface area contributed by atoms with Crippen molar-refractivity contribution in [2.75, 3.05) is 7.11 Å². The lowest BCUT2D eigenvalue weighted by Crippen LogP contribution is -2.02. The molecule has 0 unspecified atom stereocenters. The molecule has 0 saturated heterocycles. The number of aromatic nitrogens is 1. The summed E-state index contributed by atoms with van der Waals surface area (Å²) < 4.78 is 4.66. The third kappa shape index (κ3) is 1.73. The Morgan fingerprint density at radius 1 is 1.56 bits per heavy atom. The van der Waals surface area contributed by atoms with E-state index >= 15 is 0 Å². The summed E-state index contributed by atoms with van der Waals surface area (Å²) >= 11 is 6.20. The Bertz CT molecular complexity index is 668. The highest BCUT2D eigenvalue weighted by molar-refractivity contribution is 6.38. The van der Waals surface area contributed by atoms with E-state index in [0.717, 1.165) is 11.2 Å². The summed E-state index contributed by atoms with van der Waals surface area (Å²) in [5.41, 5.74) is 2.32. The lowest BCUT2D eigenvalue weighted by Gasteiger charge is -2.03. The average molecular weight is 263 g/mol. The molecule has 1 N–H and O–H groups in total. The van der Waals surface area contributed by atoms with Crippen LogP contribution in [0, 0.1) is 11.3 Å². The number of methoxy groups -OCH3 is 1. The molecule has 0 spiro atoms. The van der Waals surface area contributed by atoms with E-state index < -0.39 is 5.97 Å². The quantitative estimate of drug-likeness (QED) is 0.846. The number of hydrogen-bond donors (Lipinski definition) is 1. The topological polar surface area (TPSA) is 65.9 Å². The molecule has 0 saturated carbocycles. The van der Waals surface area contributed by atoms with Gasteiger partial charge in [-0.1, -0.05) is 18.5 Å². The van der Waals surface area contributed by atoms with Crippen LogP contribution >= 0.6 is 11.6 Å². The maximum Gasteiger partial charge on any atom is 0.339 e. The fourth-order valence-electron chi connectivity index (χ4n) is 1.96. The molecule has 18 heavy (non-hydrogen) atoms. The third-order valence-corrected chi connectivity index (χ3v) is 3.24. The number of H-pyrrole nitrogens is 1. The van der Waals surface area contributed by atoms with Gasteiger partial charge in [0.1, 0.15) is 6.07 Å². The molecule has 92 valence electrons. The minimum Gasteiger partial charge on any atom is -0.465 e. The van der Waals surface area contributed by atoms with Gasteiger partial charge in [0.15, 0.2) is 0 Å². The van der Waals surface area contributed by atoms with Crippen molar-refractivity contribution < 1.29 is 9.53 Å². The molecule has 0 radical (unpaired) electrons. The van der Waals surface area contributed by atoms with Crippen LogP contribution in [0.2, 0.25) is 5.02 Å². The van der Waals surface area contributed by atoms with Gasteiger partial charge in [-0.15, -0.1) is 0 Å². The van der Waals surface area contributed by atoms with Gasteiger partial charge in [0.25, 0.3) is 0 Å². The molecule has 2 rings (SSSR count). The van der Waals surface area contributed by atoms with Crippen molar-refractivity contribution in [3.8, 4) is 6.07 Å². The normalized spacial score (nSPS) is 10.3. The molecule has 1 aromatic carbocycles. The number of hydrogen-bond acceptors (Lipinski definition) is 3. The Morgan fingerprint density at radius 3 is 2.83 bits per heavy atom. The van der Waals surface area contributed by atoms with Gasteiger partial charge in [0.05, 0.1) is 23.3 Å². The van der Waals surface area contributed by atoms with Gasteiger partial charge in [-0.05, 0) is 18.6 Å². The first kappa shape index (κ1) is 12.5. The van der Waals surface area contributed by atoms with Crippen molar-refractivity contribution >= 4 is 28.5 Å². The second-order valence-electron chi connectivity index (χ2n) is 3.79. The first-order valence-corrected chi connectivity index (χ1v) is 5.83. The van der Waals surface area contributed by atoms with Gasteiger partial charge in [-0.25, -0.2) is 4.79 Å². The number of carbonyl (C=O) groups excluding carboxylic acids is 1. The molecule has 0 fully saturated rings. The summed E-state index contributed by atoms with van der Waals surface area (Å²) in [4.78, 5) is 14.7. The lowest BCUT2D eigenvalue weighted by atomic mass is 10.1. The molecule has 0 bridgehead atoms. The third-order valence-electron chi connectivity index (χ3n) is 2.85. The van der Waals surface area contributed by atoms with Crippen molar-refractivity contribution in [2.24, 2.45) is 0 Å². The highest BCUT2D eigenvalue weighted by Gasteiger charge is 2.19. The number of aromatic amines is 1. The molecule has 1 heterocycles. The zero-order chi connectivity index (χ0) is 13.3.